The van der Waals surface area contributed by atoms with Gasteiger partial charge in [-0.2, -0.15) is 16.7 Å². The van der Waals surface area contributed by atoms with Crippen molar-refractivity contribution in [3.05, 3.63) is 17.1 Å². The summed E-state index contributed by atoms with van der Waals surface area (Å²) >= 11 is 1.97. The highest BCUT2D eigenvalue weighted by Crippen LogP contribution is 2.25. The second-order valence-corrected chi connectivity index (χ2v) is 4.94. The standard InChI is InChI=1S/C11H17N3OS/c1-12-7-10-13-9-4-6-16-5-3-8(9)11(14-10)15-2/h12H,3-7H2,1-2H3. The van der Waals surface area contributed by atoms with Gasteiger partial charge in [-0.3, -0.25) is 0 Å². The monoisotopic (exact) mass is 239 g/mol. The van der Waals surface area contributed by atoms with Gasteiger partial charge in [0.1, 0.15) is 5.82 Å². The summed E-state index contributed by atoms with van der Waals surface area (Å²) in [5.41, 5.74) is 2.37. The molecular weight excluding hydrogens is 222 g/mol. The minimum atomic E-state index is 0.691. The van der Waals surface area contributed by atoms with Gasteiger partial charge >= 0.3 is 0 Å². The fraction of sp³-hybridized carbons (Fsp3) is 0.636. The molecule has 0 fully saturated rings. The van der Waals surface area contributed by atoms with Crippen LogP contribution in [0.5, 0.6) is 5.88 Å². The Hall–Kier alpha value is -0.810. The second kappa shape index (κ2) is 5.50. The number of ether oxygens (including phenoxy) is 1. The molecule has 2 heterocycles. The van der Waals surface area contributed by atoms with Crippen LogP contribution in [-0.4, -0.2) is 35.6 Å². The SMILES string of the molecule is CNCc1nc2c(c(OC)n1)CCSCC2. The van der Waals surface area contributed by atoms with E-state index >= 15 is 0 Å². The fourth-order valence-electron chi connectivity index (χ4n) is 1.87. The van der Waals surface area contributed by atoms with Crippen molar-refractivity contribution in [2.24, 2.45) is 0 Å². The Morgan fingerprint density at radius 1 is 1.31 bits per heavy atom. The molecule has 1 aliphatic rings. The molecule has 0 amide bonds. The van der Waals surface area contributed by atoms with E-state index < -0.39 is 0 Å². The molecule has 1 aromatic heterocycles. The smallest absolute Gasteiger partial charge is 0.219 e. The molecule has 0 spiro atoms. The Kier molecular flexibility index (Phi) is 4.01. The highest BCUT2D eigenvalue weighted by atomic mass is 32.2. The molecule has 0 saturated heterocycles. The van der Waals surface area contributed by atoms with Crippen LogP contribution in [0.1, 0.15) is 17.1 Å². The summed E-state index contributed by atoms with van der Waals surface area (Å²) in [6, 6.07) is 0. The summed E-state index contributed by atoms with van der Waals surface area (Å²) in [5, 5.41) is 3.07. The molecule has 1 aliphatic heterocycles. The number of hydrogen-bond donors (Lipinski definition) is 1. The van der Waals surface area contributed by atoms with Crippen LogP contribution in [0, 0.1) is 0 Å². The van der Waals surface area contributed by atoms with Gasteiger partial charge in [-0.25, -0.2) is 4.98 Å². The minimum Gasteiger partial charge on any atom is -0.481 e. The Labute approximate surface area is 100 Å². The lowest BCUT2D eigenvalue weighted by molar-refractivity contribution is 0.388. The van der Waals surface area contributed by atoms with Gasteiger partial charge in [0.2, 0.25) is 5.88 Å². The normalized spacial score (nSPS) is 15.4. The van der Waals surface area contributed by atoms with Gasteiger partial charge in [0.15, 0.2) is 0 Å². The molecule has 0 atom stereocenters. The predicted molar refractivity (Wildman–Crippen MR) is 66.1 cm³/mol. The number of nitrogens with one attached hydrogen (secondary N) is 1. The van der Waals surface area contributed by atoms with E-state index in [-0.39, 0.29) is 0 Å². The highest BCUT2D eigenvalue weighted by Gasteiger charge is 2.17. The fourth-order valence-corrected chi connectivity index (χ4v) is 2.76. The molecule has 0 radical (unpaired) electrons. The van der Waals surface area contributed by atoms with Gasteiger partial charge in [-0.15, -0.1) is 0 Å². The Morgan fingerprint density at radius 3 is 2.88 bits per heavy atom. The van der Waals surface area contributed by atoms with Gasteiger partial charge in [0.05, 0.1) is 19.3 Å². The molecule has 0 unspecified atom stereocenters. The van der Waals surface area contributed by atoms with Crippen molar-refractivity contribution >= 4 is 11.8 Å². The topological polar surface area (TPSA) is 47.0 Å². The Balaban J connectivity index is 2.38. The van der Waals surface area contributed by atoms with E-state index in [1.807, 2.05) is 18.8 Å². The summed E-state index contributed by atoms with van der Waals surface area (Å²) in [6.07, 6.45) is 2.04. The van der Waals surface area contributed by atoms with Crippen molar-refractivity contribution in [2.45, 2.75) is 19.4 Å². The zero-order valence-corrected chi connectivity index (χ0v) is 10.6. The largest absolute Gasteiger partial charge is 0.481 e. The molecule has 0 aliphatic carbocycles. The number of nitrogens with zero attached hydrogens (tertiary/aromatic N) is 2. The average Bonchev–Trinajstić information content (AvgIpc) is 2.53. The molecule has 88 valence electrons. The van der Waals surface area contributed by atoms with E-state index in [1.165, 1.54) is 11.3 Å². The van der Waals surface area contributed by atoms with Crippen LogP contribution in [0.25, 0.3) is 0 Å². The van der Waals surface area contributed by atoms with Gasteiger partial charge in [-0.1, -0.05) is 0 Å². The highest BCUT2D eigenvalue weighted by molar-refractivity contribution is 7.99. The van der Waals surface area contributed by atoms with Crippen molar-refractivity contribution in [1.29, 1.82) is 0 Å². The van der Waals surface area contributed by atoms with Crippen LogP contribution in [0.3, 0.4) is 0 Å². The van der Waals surface area contributed by atoms with Crippen LogP contribution in [0.2, 0.25) is 0 Å². The van der Waals surface area contributed by atoms with Crippen molar-refractivity contribution in [3.8, 4) is 5.88 Å². The molecule has 2 rings (SSSR count). The van der Waals surface area contributed by atoms with E-state index in [4.69, 9.17) is 4.74 Å². The van der Waals surface area contributed by atoms with Gasteiger partial charge in [-0.05, 0) is 31.4 Å². The number of fused-ring (bicyclic) bond motifs is 1. The molecule has 4 nitrogen and oxygen atoms in total. The molecule has 0 saturated carbocycles. The number of aromatic nitrogens is 2. The van der Waals surface area contributed by atoms with E-state index in [2.05, 4.69) is 15.3 Å². The lowest BCUT2D eigenvalue weighted by Crippen LogP contribution is -2.13. The van der Waals surface area contributed by atoms with Crippen LogP contribution < -0.4 is 10.1 Å². The summed E-state index contributed by atoms with van der Waals surface area (Å²) in [4.78, 5) is 9.04. The molecular formula is C11H17N3OS. The maximum absolute atomic E-state index is 5.37. The first-order valence-electron chi connectivity index (χ1n) is 5.50. The summed E-state index contributed by atoms with van der Waals surface area (Å²) in [6.45, 7) is 0.691. The first-order chi connectivity index (χ1) is 7.85. The first kappa shape index (κ1) is 11.7. The Bertz CT molecular complexity index is 370. The maximum Gasteiger partial charge on any atom is 0.219 e. The van der Waals surface area contributed by atoms with E-state index in [0.717, 1.165) is 36.1 Å². The molecule has 0 aromatic carbocycles. The van der Waals surface area contributed by atoms with Crippen molar-refractivity contribution in [3.63, 3.8) is 0 Å². The second-order valence-electron chi connectivity index (χ2n) is 3.72. The summed E-state index contributed by atoms with van der Waals surface area (Å²) in [5.74, 6) is 3.87. The van der Waals surface area contributed by atoms with E-state index in [0.29, 0.717) is 6.54 Å². The van der Waals surface area contributed by atoms with Crippen LogP contribution in [0.4, 0.5) is 0 Å². The third-order valence-electron chi connectivity index (χ3n) is 2.61. The number of aryl methyl sites for hydroxylation is 1. The third-order valence-corrected chi connectivity index (χ3v) is 3.59. The quantitative estimate of drug-likeness (QED) is 0.854. The molecule has 16 heavy (non-hydrogen) atoms. The van der Waals surface area contributed by atoms with Crippen LogP contribution in [-0.2, 0) is 19.4 Å². The number of rotatable bonds is 3. The van der Waals surface area contributed by atoms with E-state index in [1.54, 1.807) is 7.11 Å². The number of methoxy groups -OCH3 is 1. The predicted octanol–water partition coefficient (Wildman–Crippen LogP) is 1.04. The van der Waals surface area contributed by atoms with Crippen molar-refractivity contribution in [2.75, 3.05) is 25.7 Å². The number of thioether (sulfide) groups is 1. The van der Waals surface area contributed by atoms with Gasteiger partial charge in [0.25, 0.3) is 0 Å². The zero-order valence-electron chi connectivity index (χ0n) is 9.75. The average molecular weight is 239 g/mol. The van der Waals surface area contributed by atoms with Gasteiger partial charge in [0, 0.05) is 5.56 Å². The zero-order chi connectivity index (χ0) is 11.4. The van der Waals surface area contributed by atoms with Gasteiger partial charge < -0.3 is 10.1 Å². The van der Waals surface area contributed by atoms with E-state index in [9.17, 15) is 0 Å². The van der Waals surface area contributed by atoms with Crippen LogP contribution >= 0.6 is 11.8 Å². The minimum absolute atomic E-state index is 0.691. The first-order valence-corrected chi connectivity index (χ1v) is 6.65. The Morgan fingerprint density at radius 2 is 2.12 bits per heavy atom. The van der Waals surface area contributed by atoms with Crippen molar-refractivity contribution in [1.82, 2.24) is 15.3 Å². The lowest BCUT2D eigenvalue weighted by Gasteiger charge is -2.11. The van der Waals surface area contributed by atoms with Crippen LogP contribution in [0.15, 0.2) is 0 Å². The third kappa shape index (κ3) is 2.47. The van der Waals surface area contributed by atoms with Crippen molar-refractivity contribution < 1.29 is 4.74 Å². The summed E-state index contributed by atoms with van der Waals surface area (Å²) in [7, 11) is 3.58. The molecule has 1 aromatic rings. The molecule has 5 heteroatoms. The maximum atomic E-state index is 5.37. The number of hydrogen-bond acceptors (Lipinski definition) is 5. The summed E-state index contributed by atoms with van der Waals surface area (Å²) < 4.78 is 5.37. The molecule has 1 N–H and O–H groups in total. The molecule has 0 bridgehead atoms. The lowest BCUT2D eigenvalue weighted by atomic mass is 10.1.